The summed E-state index contributed by atoms with van der Waals surface area (Å²) >= 11 is 0. The first kappa shape index (κ1) is 10.8. The molecule has 0 heteroatoms. The van der Waals surface area contributed by atoms with E-state index in [2.05, 4.69) is 67.6 Å². The van der Waals surface area contributed by atoms with Crippen LogP contribution in [0.5, 0.6) is 0 Å². The predicted octanol–water partition coefficient (Wildman–Crippen LogP) is 5.10. The predicted molar refractivity (Wildman–Crippen MR) is 81.1 cm³/mol. The van der Waals surface area contributed by atoms with Crippen molar-refractivity contribution in [3.63, 3.8) is 0 Å². The summed E-state index contributed by atoms with van der Waals surface area (Å²) in [6, 6.07) is 15.7. The van der Waals surface area contributed by atoms with Crippen LogP contribution >= 0.6 is 0 Å². The number of hydrogen-bond donors (Lipinski definition) is 0. The van der Waals surface area contributed by atoms with Gasteiger partial charge in [-0.05, 0) is 41.2 Å². The molecule has 1 atom stereocenters. The summed E-state index contributed by atoms with van der Waals surface area (Å²) in [5.41, 5.74) is 8.53. The van der Waals surface area contributed by atoms with Crippen LogP contribution in [0.1, 0.15) is 29.0 Å². The van der Waals surface area contributed by atoms with E-state index in [-0.39, 0.29) is 0 Å². The first-order chi connectivity index (χ1) is 9.34. The topological polar surface area (TPSA) is 0 Å². The van der Waals surface area contributed by atoms with E-state index in [1.807, 2.05) is 0 Å². The highest BCUT2D eigenvalue weighted by molar-refractivity contribution is 5.92. The molecule has 0 radical (unpaired) electrons. The van der Waals surface area contributed by atoms with E-state index in [4.69, 9.17) is 0 Å². The second kappa shape index (κ2) is 3.96. The van der Waals surface area contributed by atoms with E-state index in [0.29, 0.717) is 5.92 Å². The number of allylic oxidation sites excluding steroid dienone is 4. The van der Waals surface area contributed by atoms with Gasteiger partial charge in [-0.15, -0.1) is 0 Å². The van der Waals surface area contributed by atoms with E-state index >= 15 is 0 Å². The molecule has 19 heavy (non-hydrogen) atoms. The zero-order valence-electron chi connectivity index (χ0n) is 11.1. The Morgan fingerprint density at radius 3 is 2.68 bits per heavy atom. The third kappa shape index (κ3) is 1.53. The van der Waals surface area contributed by atoms with Gasteiger partial charge in [-0.2, -0.15) is 0 Å². The van der Waals surface area contributed by atoms with Gasteiger partial charge in [0.05, 0.1) is 0 Å². The van der Waals surface area contributed by atoms with Crippen LogP contribution in [0.3, 0.4) is 0 Å². The Bertz CT molecular complexity index is 717. The molecule has 2 aromatic carbocycles. The Morgan fingerprint density at radius 2 is 1.79 bits per heavy atom. The van der Waals surface area contributed by atoms with Crippen LogP contribution < -0.4 is 0 Å². The van der Waals surface area contributed by atoms with Crippen LogP contribution in [0.15, 0.2) is 60.7 Å². The second-order valence-electron chi connectivity index (χ2n) is 5.47. The molecular weight excluding hydrogens is 228 g/mol. The van der Waals surface area contributed by atoms with Gasteiger partial charge in [0.1, 0.15) is 0 Å². The lowest BCUT2D eigenvalue weighted by atomic mass is 9.72. The number of rotatable bonds is 0. The van der Waals surface area contributed by atoms with E-state index in [1.165, 1.54) is 33.4 Å². The van der Waals surface area contributed by atoms with Gasteiger partial charge in [0.25, 0.3) is 0 Å². The maximum Gasteiger partial charge on any atom is 0.0136 e. The number of hydrogen-bond acceptors (Lipinski definition) is 0. The van der Waals surface area contributed by atoms with Crippen LogP contribution in [0, 0.1) is 6.92 Å². The summed E-state index contributed by atoms with van der Waals surface area (Å²) in [6.07, 6.45) is 7.89. The average Bonchev–Trinajstić information content (AvgIpc) is 2.47. The minimum atomic E-state index is 0.537. The lowest BCUT2D eigenvalue weighted by Crippen LogP contribution is -2.11. The van der Waals surface area contributed by atoms with Gasteiger partial charge in [0.2, 0.25) is 0 Å². The van der Waals surface area contributed by atoms with Crippen molar-refractivity contribution < 1.29 is 0 Å². The summed E-state index contributed by atoms with van der Waals surface area (Å²) in [7, 11) is 0. The van der Waals surface area contributed by atoms with Crippen molar-refractivity contribution >= 4 is 5.57 Å². The highest BCUT2D eigenvalue weighted by atomic mass is 14.3. The van der Waals surface area contributed by atoms with Crippen molar-refractivity contribution in [3.05, 3.63) is 77.4 Å². The fourth-order valence-corrected chi connectivity index (χ4v) is 3.38. The SMILES string of the molecule is Cc1ccc2c(c1)-c1ccccc1C1=CC=CCC12. The lowest BCUT2D eigenvalue weighted by Gasteiger charge is -2.31. The molecular formula is C19H16. The van der Waals surface area contributed by atoms with Gasteiger partial charge in [0, 0.05) is 5.92 Å². The highest BCUT2D eigenvalue weighted by Crippen LogP contribution is 2.49. The third-order valence-corrected chi connectivity index (χ3v) is 4.27. The molecule has 0 aliphatic heterocycles. The molecule has 92 valence electrons. The van der Waals surface area contributed by atoms with Crippen LogP contribution in [0.4, 0.5) is 0 Å². The zero-order valence-corrected chi connectivity index (χ0v) is 11.1. The molecule has 0 aromatic heterocycles. The summed E-state index contributed by atoms with van der Waals surface area (Å²) < 4.78 is 0. The van der Waals surface area contributed by atoms with Crippen LogP contribution in [0.2, 0.25) is 0 Å². The van der Waals surface area contributed by atoms with Crippen molar-refractivity contribution in [1.29, 1.82) is 0 Å². The van der Waals surface area contributed by atoms with Gasteiger partial charge in [-0.25, -0.2) is 0 Å². The molecule has 0 nitrogen and oxygen atoms in total. The zero-order chi connectivity index (χ0) is 12.8. The van der Waals surface area contributed by atoms with E-state index < -0.39 is 0 Å². The first-order valence-electron chi connectivity index (χ1n) is 6.91. The Balaban J connectivity index is 2.08. The molecule has 0 heterocycles. The van der Waals surface area contributed by atoms with Crippen molar-refractivity contribution in [1.82, 2.24) is 0 Å². The van der Waals surface area contributed by atoms with Gasteiger partial charge in [-0.1, -0.05) is 66.3 Å². The lowest BCUT2D eigenvalue weighted by molar-refractivity contribution is 0.867. The van der Waals surface area contributed by atoms with Crippen molar-refractivity contribution in [2.24, 2.45) is 0 Å². The molecule has 2 aliphatic rings. The van der Waals surface area contributed by atoms with Crippen molar-refractivity contribution in [2.45, 2.75) is 19.3 Å². The summed E-state index contributed by atoms with van der Waals surface area (Å²) in [6.45, 7) is 2.18. The van der Waals surface area contributed by atoms with Crippen molar-refractivity contribution in [2.75, 3.05) is 0 Å². The van der Waals surface area contributed by atoms with Crippen LogP contribution in [-0.2, 0) is 0 Å². The Morgan fingerprint density at radius 1 is 0.947 bits per heavy atom. The summed E-state index contributed by atoms with van der Waals surface area (Å²) in [5.74, 6) is 0.537. The first-order valence-corrected chi connectivity index (χ1v) is 6.91. The highest BCUT2D eigenvalue weighted by Gasteiger charge is 2.28. The Kier molecular flexibility index (Phi) is 2.25. The standard InChI is InChI=1S/C19H16/c1-13-10-11-18-16-8-3-2-6-14(16)15-7-4-5-9-17(15)19(18)12-13/h2-7,9-12,16H,8H2,1H3. The van der Waals surface area contributed by atoms with Crippen LogP contribution in [0.25, 0.3) is 16.7 Å². The molecule has 2 aromatic rings. The van der Waals surface area contributed by atoms with E-state index in [1.54, 1.807) is 0 Å². The summed E-state index contributed by atoms with van der Waals surface area (Å²) in [5, 5.41) is 0. The maximum absolute atomic E-state index is 2.34. The molecule has 1 unspecified atom stereocenters. The molecule has 0 N–H and O–H groups in total. The smallest absolute Gasteiger partial charge is 0.0136 e. The molecule has 0 saturated heterocycles. The Labute approximate surface area is 114 Å². The fourth-order valence-electron chi connectivity index (χ4n) is 3.38. The maximum atomic E-state index is 2.34. The average molecular weight is 244 g/mol. The monoisotopic (exact) mass is 244 g/mol. The molecule has 0 bridgehead atoms. The molecule has 4 rings (SSSR count). The van der Waals surface area contributed by atoms with Gasteiger partial charge in [0.15, 0.2) is 0 Å². The molecule has 0 spiro atoms. The normalized spacial score (nSPS) is 19.2. The minimum Gasteiger partial charge on any atom is -0.0836 e. The van der Waals surface area contributed by atoms with Gasteiger partial charge in [-0.3, -0.25) is 0 Å². The molecule has 2 aliphatic carbocycles. The quantitative estimate of drug-likeness (QED) is 0.604. The number of fused-ring (bicyclic) bond motifs is 6. The van der Waals surface area contributed by atoms with E-state index in [0.717, 1.165) is 6.42 Å². The number of benzene rings is 2. The van der Waals surface area contributed by atoms with Crippen molar-refractivity contribution in [3.8, 4) is 11.1 Å². The van der Waals surface area contributed by atoms with Gasteiger partial charge >= 0.3 is 0 Å². The summed E-state index contributed by atoms with van der Waals surface area (Å²) in [4.78, 5) is 0. The van der Waals surface area contributed by atoms with Gasteiger partial charge < -0.3 is 0 Å². The molecule has 0 saturated carbocycles. The third-order valence-electron chi connectivity index (χ3n) is 4.27. The van der Waals surface area contributed by atoms with Crippen LogP contribution in [-0.4, -0.2) is 0 Å². The fraction of sp³-hybridized carbons (Fsp3) is 0.158. The second-order valence-corrected chi connectivity index (χ2v) is 5.47. The largest absolute Gasteiger partial charge is 0.0836 e. The molecule has 0 fully saturated rings. The number of aryl methyl sites for hydroxylation is 1. The Hall–Kier alpha value is -2.08. The minimum absolute atomic E-state index is 0.537. The molecule has 0 amide bonds. The van der Waals surface area contributed by atoms with E-state index in [9.17, 15) is 0 Å².